The quantitative estimate of drug-likeness (QED) is 0.509. The van der Waals surface area contributed by atoms with Crippen LogP contribution in [0.5, 0.6) is 0 Å². The first kappa shape index (κ1) is 21.7. The molecule has 1 aliphatic rings. The Hall–Kier alpha value is -1.63. The fourth-order valence-electron chi connectivity index (χ4n) is 3.22. The van der Waals surface area contributed by atoms with Crippen LogP contribution >= 0.6 is 0 Å². The SMILES string of the molecule is CCNC(=NCC(c1ccc(CC)cc1)N(C)C)NCCN1CCOCC1. The highest BCUT2D eigenvalue weighted by molar-refractivity contribution is 5.79. The van der Waals surface area contributed by atoms with E-state index in [1.165, 1.54) is 11.1 Å². The lowest BCUT2D eigenvalue weighted by Gasteiger charge is -2.27. The van der Waals surface area contributed by atoms with Gasteiger partial charge in [-0.1, -0.05) is 31.2 Å². The second kappa shape index (κ2) is 12.0. The number of morpholine rings is 1. The molecule has 0 bridgehead atoms. The van der Waals surface area contributed by atoms with Crippen molar-refractivity contribution in [2.24, 2.45) is 4.99 Å². The third-order valence-corrected chi connectivity index (χ3v) is 4.99. The van der Waals surface area contributed by atoms with Crippen LogP contribution in [0.2, 0.25) is 0 Å². The van der Waals surface area contributed by atoms with Crippen LogP contribution in [0.25, 0.3) is 0 Å². The topological polar surface area (TPSA) is 52.1 Å². The molecule has 0 aliphatic carbocycles. The van der Waals surface area contributed by atoms with Crippen LogP contribution in [-0.2, 0) is 11.2 Å². The Morgan fingerprint density at radius 1 is 1.15 bits per heavy atom. The zero-order chi connectivity index (χ0) is 19.5. The zero-order valence-corrected chi connectivity index (χ0v) is 17.5. The van der Waals surface area contributed by atoms with Crippen LogP contribution in [0.3, 0.4) is 0 Å². The third-order valence-electron chi connectivity index (χ3n) is 4.99. The normalized spacial score (nSPS) is 17.1. The largest absolute Gasteiger partial charge is 0.379 e. The van der Waals surface area contributed by atoms with E-state index in [4.69, 9.17) is 9.73 Å². The van der Waals surface area contributed by atoms with Gasteiger partial charge in [0, 0.05) is 32.7 Å². The van der Waals surface area contributed by atoms with Crippen molar-refractivity contribution in [1.82, 2.24) is 20.4 Å². The predicted octanol–water partition coefficient (Wildman–Crippen LogP) is 1.74. The molecule has 1 aromatic rings. The van der Waals surface area contributed by atoms with E-state index in [2.05, 4.69) is 72.6 Å². The van der Waals surface area contributed by atoms with Crippen molar-refractivity contribution < 1.29 is 4.74 Å². The lowest BCUT2D eigenvalue weighted by molar-refractivity contribution is 0.0389. The number of ether oxygens (including phenoxy) is 1. The van der Waals surface area contributed by atoms with Crippen LogP contribution < -0.4 is 10.6 Å². The highest BCUT2D eigenvalue weighted by atomic mass is 16.5. The summed E-state index contributed by atoms with van der Waals surface area (Å²) in [5.41, 5.74) is 2.68. The van der Waals surface area contributed by atoms with Crippen molar-refractivity contribution in [3.05, 3.63) is 35.4 Å². The van der Waals surface area contributed by atoms with E-state index in [-0.39, 0.29) is 6.04 Å². The van der Waals surface area contributed by atoms with Crippen LogP contribution in [0, 0.1) is 0 Å². The van der Waals surface area contributed by atoms with Crippen molar-refractivity contribution >= 4 is 5.96 Å². The maximum Gasteiger partial charge on any atom is 0.191 e. The lowest BCUT2D eigenvalue weighted by atomic mass is 10.0. The van der Waals surface area contributed by atoms with Crippen molar-refractivity contribution in [3.8, 4) is 0 Å². The van der Waals surface area contributed by atoms with Gasteiger partial charge in [-0.2, -0.15) is 0 Å². The molecule has 0 amide bonds. The molecule has 0 spiro atoms. The van der Waals surface area contributed by atoms with E-state index < -0.39 is 0 Å². The molecule has 1 aliphatic heterocycles. The molecule has 1 saturated heterocycles. The minimum atomic E-state index is 0.269. The summed E-state index contributed by atoms with van der Waals surface area (Å²) < 4.78 is 5.41. The average Bonchev–Trinajstić information content (AvgIpc) is 2.69. The number of benzene rings is 1. The Labute approximate surface area is 165 Å². The van der Waals surface area contributed by atoms with E-state index in [0.717, 1.165) is 64.9 Å². The van der Waals surface area contributed by atoms with Gasteiger partial charge in [0.15, 0.2) is 5.96 Å². The van der Waals surface area contributed by atoms with Crippen LogP contribution in [0.1, 0.15) is 31.0 Å². The van der Waals surface area contributed by atoms with Crippen molar-refractivity contribution in [1.29, 1.82) is 0 Å². The zero-order valence-electron chi connectivity index (χ0n) is 17.5. The van der Waals surface area contributed by atoms with Crippen molar-refractivity contribution in [2.75, 3.05) is 66.6 Å². The minimum absolute atomic E-state index is 0.269. The predicted molar refractivity (Wildman–Crippen MR) is 113 cm³/mol. The molecular formula is C21H37N5O. The Bertz CT molecular complexity index is 552. The summed E-state index contributed by atoms with van der Waals surface area (Å²) in [6.45, 7) is 11.5. The Balaban J connectivity index is 1.92. The maximum atomic E-state index is 5.41. The molecule has 0 radical (unpaired) electrons. The molecule has 1 unspecified atom stereocenters. The van der Waals surface area contributed by atoms with E-state index >= 15 is 0 Å². The summed E-state index contributed by atoms with van der Waals surface area (Å²) in [6, 6.07) is 9.18. The number of likely N-dealkylation sites (N-methyl/N-ethyl adjacent to an activating group) is 1. The fraction of sp³-hybridized carbons (Fsp3) is 0.667. The summed E-state index contributed by atoms with van der Waals surface area (Å²) in [4.78, 5) is 9.51. The molecule has 152 valence electrons. The van der Waals surface area contributed by atoms with Gasteiger partial charge in [-0.25, -0.2) is 0 Å². The molecule has 0 saturated carbocycles. The van der Waals surface area contributed by atoms with Gasteiger partial charge < -0.3 is 20.3 Å². The van der Waals surface area contributed by atoms with Gasteiger partial charge in [-0.15, -0.1) is 0 Å². The average molecular weight is 376 g/mol. The number of hydrogen-bond donors (Lipinski definition) is 2. The third kappa shape index (κ3) is 7.48. The van der Waals surface area contributed by atoms with E-state index in [1.54, 1.807) is 0 Å². The molecule has 1 aromatic carbocycles. The molecule has 27 heavy (non-hydrogen) atoms. The number of nitrogens with one attached hydrogen (secondary N) is 2. The molecule has 6 heteroatoms. The van der Waals surface area contributed by atoms with Crippen LogP contribution in [-0.4, -0.2) is 82.3 Å². The lowest BCUT2D eigenvalue weighted by Crippen LogP contribution is -2.44. The van der Waals surface area contributed by atoms with Gasteiger partial charge in [-0.3, -0.25) is 9.89 Å². The highest BCUT2D eigenvalue weighted by Crippen LogP contribution is 2.19. The first-order valence-corrected chi connectivity index (χ1v) is 10.2. The Morgan fingerprint density at radius 2 is 1.85 bits per heavy atom. The highest BCUT2D eigenvalue weighted by Gasteiger charge is 2.14. The van der Waals surface area contributed by atoms with Gasteiger partial charge in [0.25, 0.3) is 0 Å². The summed E-state index contributed by atoms with van der Waals surface area (Å²) in [7, 11) is 4.24. The Kier molecular flexibility index (Phi) is 9.59. The van der Waals surface area contributed by atoms with Crippen LogP contribution in [0.4, 0.5) is 0 Å². The Morgan fingerprint density at radius 3 is 2.44 bits per heavy atom. The maximum absolute atomic E-state index is 5.41. The summed E-state index contributed by atoms with van der Waals surface area (Å²) in [6.07, 6.45) is 1.07. The van der Waals surface area contributed by atoms with Gasteiger partial charge in [0.05, 0.1) is 25.8 Å². The number of rotatable bonds is 9. The van der Waals surface area contributed by atoms with Gasteiger partial charge >= 0.3 is 0 Å². The number of guanidine groups is 1. The van der Waals surface area contributed by atoms with Crippen LogP contribution in [0.15, 0.2) is 29.3 Å². The first-order valence-electron chi connectivity index (χ1n) is 10.2. The van der Waals surface area contributed by atoms with Gasteiger partial charge in [0.2, 0.25) is 0 Å². The minimum Gasteiger partial charge on any atom is -0.379 e. The summed E-state index contributed by atoms with van der Waals surface area (Å²) >= 11 is 0. The van der Waals surface area contributed by atoms with Crippen molar-refractivity contribution in [2.45, 2.75) is 26.3 Å². The van der Waals surface area contributed by atoms with E-state index in [0.29, 0.717) is 0 Å². The first-order chi connectivity index (χ1) is 13.1. The summed E-state index contributed by atoms with van der Waals surface area (Å²) in [5, 5.41) is 6.83. The molecule has 1 fully saturated rings. The second-order valence-electron chi connectivity index (χ2n) is 7.17. The van der Waals surface area contributed by atoms with Gasteiger partial charge in [0.1, 0.15) is 0 Å². The molecule has 1 heterocycles. The monoisotopic (exact) mass is 375 g/mol. The number of aryl methyl sites for hydroxylation is 1. The second-order valence-corrected chi connectivity index (χ2v) is 7.17. The molecule has 2 N–H and O–H groups in total. The number of aliphatic imine (C=N–C) groups is 1. The van der Waals surface area contributed by atoms with E-state index in [9.17, 15) is 0 Å². The van der Waals surface area contributed by atoms with E-state index in [1.807, 2.05) is 0 Å². The smallest absolute Gasteiger partial charge is 0.191 e. The molecule has 2 rings (SSSR count). The molecule has 0 aromatic heterocycles. The number of nitrogens with zero attached hydrogens (tertiary/aromatic N) is 3. The molecule has 6 nitrogen and oxygen atoms in total. The number of hydrogen-bond acceptors (Lipinski definition) is 4. The fourth-order valence-corrected chi connectivity index (χ4v) is 3.22. The molecular weight excluding hydrogens is 338 g/mol. The summed E-state index contributed by atoms with van der Waals surface area (Å²) in [5.74, 6) is 0.891. The standard InChI is InChI=1S/C21H37N5O/c1-5-18-7-9-19(10-8-18)20(25(3)4)17-24-21(22-6-2)23-11-12-26-13-15-27-16-14-26/h7-10,20H,5-6,11-17H2,1-4H3,(H2,22,23,24). The van der Waals surface area contributed by atoms with Gasteiger partial charge in [-0.05, 0) is 38.6 Å². The van der Waals surface area contributed by atoms with Crippen molar-refractivity contribution in [3.63, 3.8) is 0 Å². The molecule has 1 atom stereocenters.